The van der Waals surface area contributed by atoms with Crippen molar-refractivity contribution in [3.63, 3.8) is 0 Å². The third-order valence-corrected chi connectivity index (χ3v) is 3.58. The highest BCUT2D eigenvalue weighted by atomic mass is 16.5. The van der Waals surface area contributed by atoms with Crippen LogP contribution in [-0.4, -0.2) is 43.5 Å². The molecule has 1 aliphatic heterocycles. The molecule has 1 saturated carbocycles. The third kappa shape index (κ3) is 3.28. The highest BCUT2D eigenvalue weighted by Crippen LogP contribution is 2.23. The van der Waals surface area contributed by atoms with Gasteiger partial charge < -0.3 is 4.74 Å². The van der Waals surface area contributed by atoms with Gasteiger partial charge in [0.25, 0.3) is 0 Å². The molecule has 1 atom stereocenters. The van der Waals surface area contributed by atoms with Gasteiger partial charge in [-0.25, -0.2) is 0 Å². The maximum Gasteiger partial charge on any atom is 0.136 e. The van der Waals surface area contributed by atoms with Crippen LogP contribution in [0.15, 0.2) is 0 Å². The first-order valence-corrected chi connectivity index (χ1v) is 6.19. The van der Waals surface area contributed by atoms with Crippen LogP contribution in [-0.2, 0) is 9.53 Å². The van der Waals surface area contributed by atoms with Gasteiger partial charge in [-0.15, -0.1) is 0 Å². The molecular formula is C12H21NO2. The van der Waals surface area contributed by atoms with Crippen LogP contribution in [0, 0.1) is 5.92 Å². The normalized spacial score (nSPS) is 29.3. The number of Topliss-reactive ketones (excluding diaryl/α,β-unsaturated/α-hetero) is 1. The van der Waals surface area contributed by atoms with Crippen molar-refractivity contribution < 1.29 is 9.53 Å². The Balaban J connectivity index is 1.69. The maximum absolute atomic E-state index is 11.6. The molecule has 0 aromatic carbocycles. The molecule has 0 aromatic heterocycles. The van der Waals surface area contributed by atoms with Crippen molar-refractivity contribution >= 4 is 5.78 Å². The fourth-order valence-electron chi connectivity index (χ4n) is 2.52. The van der Waals surface area contributed by atoms with Gasteiger partial charge in [-0.05, 0) is 25.8 Å². The van der Waals surface area contributed by atoms with Gasteiger partial charge in [0.1, 0.15) is 5.78 Å². The lowest BCUT2D eigenvalue weighted by molar-refractivity contribution is -0.124. The van der Waals surface area contributed by atoms with E-state index in [-0.39, 0.29) is 0 Å². The number of ketones is 1. The molecular weight excluding hydrogens is 190 g/mol. The topological polar surface area (TPSA) is 29.5 Å². The molecule has 3 nitrogen and oxygen atoms in total. The Morgan fingerprint density at radius 1 is 1.27 bits per heavy atom. The summed E-state index contributed by atoms with van der Waals surface area (Å²) in [7, 11) is 0. The van der Waals surface area contributed by atoms with Crippen molar-refractivity contribution in [1.82, 2.24) is 4.90 Å². The summed E-state index contributed by atoms with van der Waals surface area (Å²) in [6.07, 6.45) is 5.39. The number of nitrogens with zero attached hydrogens (tertiary/aromatic N) is 1. The Hall–Kier alpha value is -0.410. The van der Waals surface area contributed by atoms with E-state index < -0.39 is 0 Å². The largest absolute Gasteiger partial charge is 0.379 e. The standard InChI is InChI=1S/C12H21NO2/c14-12-4-2-1-3-11(12)5-6-13-7-9-15-10-8-13/h11H,1-10H2. The van der Waals surface area contributed by atoms with Crippen LogP contribution in [0.25, 0.3) is 0 Å². The van der Waals surface area contributed by atoms with Gasteiger partial charge in [0.05, 0.1) is 13.2 Å². The van der Waals surface area contributed by atoms with Gasteiger partial charge in [0.15, 0.2) is 0 Å². The first-order valence-electron chi connectivity index (χ1n) is 6.19. The second-order valence-corrected chi connectivity index (χ2v) is 4.65. The zero-order valence-corrected chi connectivity index (χ0v) is 9.41. The number of morpholine rings is 1. The second kappa shape index (κ2) is 5.61. The van der Waals surface area contributed by atoms with Crippen LogP contribution in [0.3, 0.4) is 0 Å². The number of carbonyl (C=O) groups is 1. The zero-order chi connectivity index (χ0) is 10.5. The van der Waals surface area contributed by atoms with E-state index in [4.69, 9.17) is 4.74 Å². The van der Waals surface area contributed by atoms with Gasteiger partial charge in [0, 0.05) is 25.4 Å². The van der Waals surface area contributed by atoms with E-state index in [1.807, 2.05) is 0 Å². The fraction of sp³-hybridized carbons (Fsp3) is 0.917. The van der Waals surface area contributed by atoms with Crippen LogP contribution in [0.1, 0.15) is 32.1 Å². The monoisotopic (exact) mass is 211 g/mol. The Morgan fingerprint density at radius 3 is 2.80 bits per heavy atom. The predicted octanol–water partition coefficient (Wildman–Crippen LogP) is 1.47. The Bertz CT molecular complexity index is 212. The Kier molecular flexibility index (Phi) is 4.15. The maximum atomic E-state index is 11.6. The quantitative estimate of drug-likeness (QED) is 0.708. The molecule has 2 aliphatic rings. The minimum Gasteiger partial charge on any atom is -0.379 e. The van der Waals surface area contributed by atoms with Crippen molar-refractivity contribution in [3.8, 4) is 0 Å². The van der Waals surface area contributed by atoms with Crippen molar-refractivity contribution in [1.29, 1.82) is 0 Å². The Morgan fingerprint density at radius 2 is 2.07 bits per heavy atom. The summed E-state index contributed by atoms with van der Waals surface area (Å²) in [4.78, 5) is 14.0. The molecule has 1 aliphatic carbocycles. The number of hydrogen-bond acceptors (Lipinski definition) is 3. The predicted molar refractivity (Wildman–Crippen MR) is 58.8 cm³/mol. The summed E-state index contributed by atoms with van der Waals surface area (Å²) in [6, 6.07) is 0. The van der Waals surface area contributed by atoms with E-state index in [1.54, 1.807) is 0 Å². The summed E-state index contributed by atoms with van der Waals surface area (Å²) in [6.45, 7) is 4.89. The summed E-state index contributed by atoms with van der Waals surface area (Å²) in [5.74, 6) is 0.871. The van der Waals surface area contributed by atoms with Crippen LogP contribution in [0.4, 0.5) is 0 Å². The average molecular weight is 211 g/mol. The molecule has 0 N–H and O–H groups in total. The number of hydrogen-bond donors (Lipinski definition) is 0. The van der Waals surface area contributed by atoms with Crippen molar-refractivity contribution in [2.24, 2.45) is 5.92 Å². The van der Waals surface area contributed by atoms with Gasteiger partial charge in [-0.3, -0.25) is 9.69 Å². The molecule has 0 spiro atoms. The molecule has 1 heterocycles. The minimum atomic E-state index is 0.363. The van der Waals surface area contributed by atoms with E-state index in [2.05, 4.69) is 4.90 Å². The number of ether oxygens (including phenoxy) is 1. The lowest BCUT2D eigenvalue weighted by Gasteiger charge is -2.29. The molecule has 0 amide bonds. The Labute approximate surface area is 91.8 Å². The molecule has 1 unspecified atom stereocenters. The highest BCUT2D eigenvalue weighted by Gasteiger charge is 2.22. The van der Waals surface area contributed by atoms with Crippen LogP contribution in [0.5, 0.6) is 0 Å². The van der Waals surface area contributed by atoms with Gasteiger partial charge >= 0.3 is 0 Å². The summed E-state index contributed by atoms with van der Waals surface area (Å²) >= 11 is 0. The first kappa shape index (κ1) is 11.1. The lowest BCUT2D eigenvalue weighted by atomic mass is 9.85. The molecule has 86 valence electrons. The summed E-state index contributed by atoms with van der Waals surface area (Å²) in [5, 5.41) is 0. The highest BCUT2D eigenvalue weighted by molar-refractivity contribution is 5.81. The SMILES string of the molecule is O=C1CCCCC1CCN1CCOCC1. The molecule has 3 heteroatoms. The molecule has 0 bridgehead atoms. The fourth-order valence-corrected chi connectivity index (χ4v) is 2.52. The first-order chi connectivity index (χ1) is 7.36. The molecule has 2 rings (SSSR count). The van der Waals surface area contributed by atoms with Gasteiger partial charge in [0.2, 0.25) is 0 Å². The summed E-state index contributed by atoms with van der Waals surface area (Å²) < 4.78 is 5.30. The smallest absolute Gasteiger partial charge is 0.136 e. The number of carbonyl (C=O) groups excluding carboxylic acids is 1. The van der Waals surface area contributed by atoms with Crippen LogP contribution in [0.2, 0.25) is 0 Å². The average Bonchev–Trinajstić information content (AvgIpc) is 2.29. The molecule has 0 aromatic rings. The second-order valence-electron chi connectivity index (χ2n) is 4.65. The van der Waals surface area contributed by atoms with Gasteiger partial charge in [-0.2, -0.15) is 0 Å². The van der Waals surface area contributed by atoms with E-state index in [9.17, 15) is 4.79 Å². The molecule has 15 heavy (non-hydrogen) atoms. The van der Waals surface area contributed by atoms with Gasteiger partial charge in [-0.1, -0.05) is 6.42 Å². The van der Waals surface area contributed by atoms with Crippen molar-refractivity contribution in [2.45, 2.75) is 32.1 Å². The number of rotatable bonds is 3. The van der Waals surface area contributed by atoms with E-state index in [1.165, 1.54) is 6.42 Å². The molecule has 2 fully saturated rings. The summed E-state index contributed by atoms with van der Waals surface area (Å²) in [5.41, 5.74) is 0. The van der Waals surface area contributed by atoms with Crippen LogP contribution < -0.4 is 0 Å². The van der Waals surface area contributed by atoms with E-state index >= 15 is 0 Å². The van der Waals surface area contributed by atoms with Crippen LogP contribution >= 0.6 is 0 Å². The van der Waals surface area contributed by atoms with E-state index in [0.717, 1.165) is 58.5 Å². The third-order valence-electron chi connectivity index (χ3n) is 3.58. The van der Waals surface area contributed by atoms with Crippen molar-refractivity contribution in [3.05, 3.63) is 0 Å². The van der Waals surface area contributed by atoms with E-state index in [0.29, 0.717) is 11.7 Å². The molecule has 1 saturated heterocycles. The molecule has 0 radical (unpaired) electrons. The van der Waals surface area contributed by atoms with Crippen molar-refractivity contribution in [2.75, 3.05) is 32.8 Å². The lowest BCUT2D eigenvalue weighted by Crippen LogP contribution is -2.38. The zero-order valence-electron chi connectivity index (χ0n) is 9.41. The minimum absolute atomic E-state index is 0.363.